The minimum atomic E-state index is -0.436. The van der Waals surface area contributed by atoms with Crippen LogP contribution in [0.4, 0.5) is 42.9 Å². The first-order chi connectivity index (χ1) is 41.5. The summed E-state index contributed by atoms with van der Waals surface area (Å²) in [6, 6.07) is 85.7. The number of fused-ring (bicyclic) bond motifs is 12. The van der Waals surface area contributed by atoms with Crippen LogP contribution in [0.3, 0.4) is 0 Å². The molecule has 0 saturated carbocycles. The summed E-state index contributed by atoms with van der Waals surface area (Å²) in [5, 5.41) is 12.9. The van der Waals surface area contributed by atoms with Gasteiger partial charge >= 0.3 is 0 Å². The van der Waals surface area contributed by atoms with Crippen molar-refractivity contribution in [3.8, 4) is 22.3 Å². The van der Waals surface area contributed by atoms with Gasteiger partial charge in [-0.1, -0.05) is 194 Å². The molecule has 0 radical (unpaired) electrons. The monoisotopic (exact) mass is 1080 g/mol. The largest absolute Gasteiger partial charge is 0.454 e. The van der Waals surface area contributed by atoms with E-state index in [1.165, 1.54) is 12.1 Å². The maximum Gasteiger partial charge on any atom is 0.171 e. The molecule has 14 aromatic carbocycles. The Morgan fingerprint density at radius 2 is 0.536 bits per heavy atom. The minimum absolute atomic E-state index is 0.189. The fourth-order valence-corrected chi connectivity index (χ4v) is 13.5. The van der Waals surface area contributed by atoms with E-state index in [1.54, 1.807) is 12.1 Å². The van der Waals surface area contributed by atoms with Crippen molar-refractivity contribution in [1.82, 2.24) is 0 Å². The Morgan fingerprint density at radius 3 is 0.940 bits per heavy atom. The molecule has 18 rings (SSSR count). The van der Waals surface area contributed by atoms with Crippen molar-refractivity contribution in [2.24, 2.45) is 0 Å². The van der Waals surface area contributed by atoms with Gasteiger partial charge in [-0.25, -0.2) is 8.78 Å². The van der Waals surface area contributed by atoms with E-state index in [0.29, 0.717) is 44.5 Å². The third-order valence-electron chi connectivity index (χ3n) is 17.1. The van der Waals surface area contributed by atoms with Crippen molar-refractivity contribution in [1.29, 1.82) is 0 Å². The van der Waals surface area contributed by atoms with Crippen LogP contribution in [0, 0.1) is 11.6 Å². The Balaban J connectivity index is 1.02. The zero-order valence-corrected chi connectivity index (χ0v) is 44.5. The van der Waals surface area contributed by atoms with Gasteiger partial charge in [0.05, 0.1) is 34.1 Å². The number of hydrogen-bond donors (Lipinski definition) is 0. The number of nitrogens with zero attached hydrogens (tertiary/aromatic N) is 2. The fraction of sp³-hybridized carbons (Fsp3) is 0. The maximum atomic E-state index is 16.0. The Labute approximate surface area is 476 Å². The highest BCUT2D eigenvalue weighted by atomic mass is 19.1. The number of halogens is 2. The average molecular weight is 1090 g/mol. The molecule has 0 aliphatic heterocycles. The number of furan rings is 4. The second-order valence-electron chi connectivity index (χ2n) is 21.6. The molecule has 0 unspecified atom stereocenters. The van der Waals surface area contributed by atoms with Crippen LogP contribution in [-0.2, 0) is 0 Å². The highest BCUT2D eigenvalue weighted by molar-refractivity contribution is 6.33. The van der Waals surface area contributed by atoms with Gasteiger partial charge in [-0.3, -0.25) is 0 Å². The Bertz CT molecular complexity index is 5390. The second-order valence-corrected chi connectivity index (χ2v) is 21.6. The summed E-state index contributed by atoms with van der Waals surface area (Å²) in [5.74, 6) is -0.872. The number of benzene rings is 14. The lowest BCUT2D eigenvalue weighted by atomic mass is 9.85. The smallest absolute Gasteiger partial charge is 0.171 e. The van der Waals surface area contributed by atoms with Crippen molar-refractivity contribution < 1.29 is 26.4 Å². The highest BCUT2D eigenvalue weighted by Gasteiger charge is 2.31. The van der Waals surface area contributed by atoms with Gasteiger partial charge in [-0.15, -0.1) is 0 Å². The van der Waals surface area contributed by atoms with E-state index in [1.807, 2.05) is 84.9 Å². The number of hydrogen-bond acceptors (Lipinski definition) is 6. The molecule has 0 spiro atoms. The lowest BCUT2D eigenvalue weighted by molar-refractivity contribution is 0.584. The molecule has 0 fully saturated rings. The first-order valence-electron chi connectivity index (χ1n) is 28.0. The van der Waals surface area contributed by atoms with Crippen LogP contribution in [-0.4, -0.2) is 0 Å². The van der Waals surface area contributed by atoms with E-state index < -0.39 is 11.6 Å². The van der Waals surface area contributed by atoms with E-state index in [0.717, 1.165) is 121 Å². The standard InChI is InChI=1S/C76H42F2N2O4/c77-59-29-11-23-51-53-27-15-33-63(75(53)83-71(51)59)79(61-31-13-25-49-45-21-7-9-35-67(45)81-73(49)61)65-41-57(43-17-3-1-4-18-43)47-37-39-56-66(42-58(44-19-5-2-6-20-44)48-38-40-55(65)69(47)70(48)56)80(62-32-14-26-50-46-22-8-10-36-68(46)82-74(50)62)64-34-16-28-54-52-24-12-30-60(78)72(52)84-76(54)64/h1-42H. The molecule has 0 saturated heterocycles. The molecule has 4 heterocycles. The van der Waals surface area contributed by atoms with Crippen LogP contribution in [0.2, 0.25) is 0 Å². The Hall–Kier alpha value is -11.2. The van der Waals surface area contributed by atoms with Gasteiger partial charge in [0.15, 0.2) is 45.1 Å². The first-order valence-corrected chi connectivity index (χ1v) is 28.0. The molecule has 0 amide bonds. The highest BCUT2D eigenvalue weighted by Crippen LogP contribution is 2.56. The summed E-state index contributed by atoms with van der Waals surface area (Å²) in [5.41, 5.74) is 13.0. The molecule has 84 heavy (non-hydrogen) atoms. The molecule has 0 N–H and O–H groups in total. The summed E-state index contributed by atoms with van der Waals surface area (Å²) in [6.45, 7) is 0. The van der Waals surface area contributed by atoms with Crippen LogP contribution in [0.1, 0.15) is 0 Å². The van der Waals surface area contributed by atoms with Gasteiger partial charge in [0.2, 0.25) is 0 Å². The zero-order chi connectivity index (χ0) is 55.3. The quantitative estimate of drug-likeness (QED) is 0.141. The Morgan fingerprint density at radius 1 is 0.226 bits per heavy atom. The minimum Gasteiger partial charge on any atom is -0.454 e. The van der Waals surface area contributed by atoms with Gasteiger partial charge in [0.1, 0.15) is 11.2 Å². The predicted octanol–water partition coefficient (Wildman–Crippen LogP) is 22.7. The lowest BCUT2D eigenvalue weighted by Gasteiger charge is -2.31. The van der Waals surface area contributed by atoms with Crippen molar-refractivity contribution in [3.63, 3.8) is 0 Å². The summed E-state index contributed by atoms with van der Waals surface area (Å²) in [4.78, 5) is 4.50. The topological polar surface area (TPSA) is 59.0 Å². The van der Waals surface area contributed by atoms with Crippen molar-refractivity contribution in [2.75, 3.05) is 9.80 Å². The van der Waals surface area contributed by atoms with E-state index >= 15 is 8.78 Å². The number of anilines is 6. The summed E-state index contributed by atoms with van der Waals surface area (Å²) in [6.07, 6.45) is 0. The van der Waals surface area contributed by atoms with E-state index in [4.69, 9.17) is 17.7 Å². The fourth-order valence-electron chi connectivity index (χ4n) is 13.5. The first kappa shape index (κ1) is 46.5. The third-order valence-corrected chi connectivity index (χ3v) is 17.1. The van der Waals surface area contributed by atoms with E-state index in [9.17, 15) is 0 Å². The molecule has 0 bridgehead atoms. The maximum absolute atomic E-state index is 16.0. The van der Waals surface area contributed by atoms with Gasteiger partial charge in [0, 0.05) is 64.6 Å². The van der Waals surface area contributed by atoms with Crippen LogP contribution < -0.4 is 9.80 Å². The van der Waals surface area contributed by atoms with Crippen molar-refractivity contribution in [2.45, 2.75) is 0 Å². The van der Waals surface area contributed by atoms with Gasteiger partial charge in [-0.05, 0) is 93.7 Å². The van der Waals surface area contributed by atoms with Gasteiger partial charge in [0.25, 0.3) is 0 Å². The van der Waals surface area contributed by atoms with Crippen LogP contribution in [0.25, 0.3) is 142 Å². The molecular weight excluding hydrogens is 1040 g/mol. The van der Waals surface area contributed by atoms with Crippen molar-refractivity contribution >= 4 is 154 Å². The normalized spacial score (nSPS) is 12.2. The van der Waals surface area contributed by atoms with Gasteiger partial charge < -0.3 is 27.5 Å². The summed E-state index contributed by atoms with van der Waals surface area (Å²) >= 11 is 0. The molecule has 394 valence electrons. The lowest BCUT2D eigenvalue weighted by Crippen LogP contribution is -2.13. The number of para-hydroxylation sites is 8. The molecular formula is C76H42F2N2O4. The van der Waals surface area contributed by atoms with E-state index in [-0.39, 0.29) is 11.2 Å². The van der Waals surface area contributed by atoms with Crippen LogP contribution in [0.5, 0.6) is 0 Å². The molecule has 0 aliphatic carbocycles. The van der Waals surface area contributed by atoms with E-state index in [2.05, 4.69) is 155 Å². The van der Waals surface area contributed by atoms with Crippen molar-refractivity contribution in [3.05, 3.63) is 266 Å². The molecule has 0 atom stereocenters. The molecule has 18 aromatic rings. The predicted molar refractivity (Wildman–Crippen MR) is 339 cm³/mol. The third kappa shape index (κ3) is 6.58. The summed E-state index contributed by atoms with van der Waals surface area (Å²) < 4.78 is 59.4. The van der Waals surface area contributed by atoms with Gasteiger partial charge in [-0.2, -0.15) is 0 Å². The van der Waals surface area contributed by atoms with Crippen LogP contribution in [0.15, 0.2) is 272 Å². The average Bonchev–Trinajstić information content (AvgIpc) is 0.985. The molecule has 4 aromatic heterocycles. The molecule has 0 aliphatic rings. The SMILES string of the molecule is Fc1cccc2c1oc1c(N(c3cc(-c4ccccc4)c4ccc5c(N(c6cccc7c6oc6ccccc67)c6cccc7c6oc6c(F)cccc67)cc(-c6ccccc6)c6ccc3c4c65)c3cccc4c3oc3ccccc34)cccc12. The van der Waals surface area contributed by atoms with Crippen LogP contribution >= 0.6 is 0 Å². The second kappa shape index (κ2) is 17.6. The zero-order valence-electron chi connectivity index (χ0n) is 44.5. The summed E-state index contributed by atoms with van der Waals surface area (Å²) in [7, 11) is 0. The molecule has 6 nitrogen and oxygen atoms in total. The number of rotatable bonds is 8. The Kier molecular flexibility index (Phi) is 9.77. The molecule has 8 heteroatoms.